The Morgan fingerprint density at radius 3 is 2.42 bits per heavy atom. The van der Waals surface area contributed by atoms with Crippen LogP contribution in [0.5, 0.6) is 0 Å². The van der Waals surface area contributed by atoms with Crippen LogP contribution in [0.4, 0.5) is 10.5 Å². The zero-order valence-corrected chi connectivity index (χ0v) is 11.6. The molecule has 0 aromatic heterocycles. The van der Waals surface area contributed by atoms with Crippen LogP contribution in [0.3, 0.4) is 0 Å². The minimum Gasteiger partial charge on any atom is -0.371 e. The Morgan fingerprint density at radius 2 is 1.84 bits per heavy atom. The molecule has 102 valence electrons. The highest BCUT2D eigenvalue weighted by atomic mass is 35.5. The fraction of sp³-hybridized carbons (Fsp3) is 0.500. The quantitative estimate of drug-likeness (QED) is 0.860. The molecular weight excluding hydrogens is 264 g/mol. The number of aliphatic hydroxyl groups excluding tert-OH is 1. The lowest BCUT2D eigenvalue weighted by Gasteiger charge is -2.33. The first kappa shape index (κ1) is 12.8. The van der Waals surface area contributed by atoms with Gasteiger partial charge in [-0.25, -0.2) is 4.79 Å². The average Bonchev–Trinajstić information content (AvgIpc) is 2.96. The van der Waals surface area contributed by atoms with E-state index in [2.05, 4.69) is 0 Å². The number of anilines is 1. The molecule has 1 heterocycles. The van der Waals surface area contributed by atoms with Crippen LogP contribution < -0.4 is 4.90 Å². The van der Waals surface area contributed by atoms with E-state index < -0.39 is 11.8 Å². The highest BCUT2D eigenvalue weighted by molar-refractivity contribution is 6.30. The van der Waals surface area contributed by atoms with Gasteiger partial charge < -0.3 is 10.0 Å². The zero-order valence-electron chi connectivity index (χ0n) is 10.8. The Bertz CT molecular complexity index is 497. The lowest BCUT2D eigenvalue weighted by molar-refractivity contribution is 0.0506. The van der Waals surface area contributed by atoms with Crippen LogP contribution in [0.25, 0.3) is 0 Å². The maximum absolute atomic E-state index is 12.4. The third kappa shape index (κ3) is 1.74. The second kappa shape index (κ2) is 4.39. The van der Waals surface area contributed by atoms with Crippen LogP contribution in [0, 0.1) is 0 Å². The van der Waals surface area contributed by atoms with Crippen molar-refractivity contribution in [2.24, 2.45) is 0 Å². The summed E-state index contributed by atoms with van der Waals surface area (Å²) in [5.74, 6) is 0. The molecular formula is C14H17ClN2O2. The highest BCUT2D eigenvalue weighted by Gasteiger charge is 2.56. The molecule has 1 spiro atoms. The number of halogens is 1. The molecule has 2 aliphatic rings. The monoisotopic (exact) mass is 280 g/mol. The topological polar surface area (TPSA) is 43.8 Å². The fourth-order valence-corrected chi connectivity index (χ4v) is 3.43. The Balaban J connectivity index is 1.98. The molecule has 0 radical (unpaired) electrons. The molecule has 1 unspecified atom stereocenters. The van der Waals surface area contributed by atoms with Crippen molar-refractivity contribution < 1.29 is 9.90 Å². The predicted molar refractivity (Wildman–Crippen MR) is 74.3 cm³/mol. The van der Waals surface area contributed by atoms with Gasteiger partial charge in [-0.1, -0.05) is 24.4 Å². The Morgan fingerprint density at radius 1 is 1.26 bits per heavy atom. The summed E-state index contributed by atoms with van der Waals surface area (Å²) in [6, 6.07) is 6.86. The SMILES string of the molecule is CN1C(=O)N(c2ccc(Cl)cc2)C(O)C12CCCC2. The molecule has 2 fully saturated rings. The standard InChI is InChI=1S/C14H17ClN2O2/c1-16-13(19)17(11-6-4-10(15)5-7-11)12(18)14(16)8-2-3-9-14/h4-7,12,18H,2-3,8-9H2,1H3. The third-order valence-electron chi connectivity index (χ3n) is 4.46. The van der Waals surface area contributed by atoms with Gasteiger partial charge in [0.2, 0.25) is 0 Å². The second-order valence-electron chi connectivity index (χ2n) is 5.37. The molecule has 19 heavy (non-hydrogen) atoms. The zero-order chi connectivity index (χ0) is 13.6. The number of benzene rings is 1. The van der Waals surface area contributed by atoms with Gasteiger partial charge >= 0.3 is 6.03 Å². The van der Waals surface area contributed by atoms with Gasteiger partial charge in [0.15, 0.2) is 6.23 Å². The Labute approximate surface area is 117 Å². The molecule has 3 rings (SSSR count). The lowest BCUT2D eigenvalue weighted by atomic mass is 9.95. The molecule has 1 aliphatic carbocycles. The number of rotatable bonds is 1. The number of hydrogen-bond acceptors (Lipinski definition) is 2. The number of nitrogens with zero attached hydrogens (tertiary/aromatic N) is 2. The summed E-state index contributed by atoms with van der Waals surface area (Å²) >= 11 is 5.86. The number of carbonyl (C=O) groups excluding carboxylic acids is 1. The van der Waals surface area contributed by atoms with Gasteiger partial charge in [-0.15, -0.1) is 0 Å². The minimum atomic E-state index is -0.784. The van der Waals surface area contributed by atoms with E-state index in [9.17, 15) is 9.90 Å². The van der Waals surface area contributed by atoms with Gasteiger partial charge in [-0.2, -0.15) is 0 Å². The van der Waals surface area contributed by atoms with Crippen molar-refractivity contribution in [3.8, 4) is 0 Å². The summed E-state index contributed by atoms with van der Waals surface area (Å²) < 4.78 is 0. The van der Waals surface area contributed by atoms with Crippen LogP contribution in [0.2, 0.25) is 5.02 Å². The molecule has 5 heteroatoms. The van der Waals surface area contributed by atoms with E-state index in [0.29, 0.717) is 10.7 Å². The normalized spacial score (nSPS) is 25.6. The smallest absolute Gasteiger partial charge is 0.327 e. The lowest BCUT2D eigenvalue weighted by Crippen LogP contribution is -2.48. The van der Waals surface area contributed by atoms with Gasteiger partial charge in [0.25, 0.3) is 0 Å². The molecule has 1 aliphatic heterocycles. The number of urea groups is 1. The summed E-state index contributed by atoms with van der Waals surface area (Å²) in [6.45, 7) is 0. The number of amides is 2. The van der Waals surface area contributed by atoms with Gasteiger partial charge in [0.1, 0.15) is 0 Å². The molecule has 4 nitrogen and oxygen atoms in total. The van der Waals surface area contributed by atoms with E-state index in [4.69, 9.17) is 11.6 Å². The van der Waals surface area contributed by atoms with Crippen molar-refractivity contribution in [1.29, 1.82) is 0 Å². The minimum absolute atomic E-state index is 0.142. The Hall–Kier alpha value is -1.26. The summed E-state index contributed by atoms with van der Waals surface area (Å²) in [5, 5.41) is 11.3. The van der Waals surface area contributed by atoms with Gasteiger partial charge in [-0.05, 0) is 37.1 Å². The van der Waals surface area contributed by atoms with Crippen molar-refractivity contribution in [1.82, 2.24) is 4.90 Å². The van der Waals surface area contributed by atoms with Crippen molar-refractivity contribution in [3.05, 3.63) is 29.3 Å². The van der Waals surface area contributed by atoms with E-state index >= 15 is 0 Å². The first-order valence-electron chi connectivity index (χ1n) is 6.57. The summed E-state index contributed by atoms with van der Waals surface area (Å²) in [4.78, 5) is 15.6. The number of hydrogen-bond donors (Lipinski definition) is 1. The second-order valence-corrected chi connectivity index (χ2v) is 5.81. The van der Waals surface area contributed by atoms with Crippen molar-refractivity contribution >= 4 is 23.3 Å². The van der Waals surface area contributed by atoms with Crippen LogP contribution in [0.1, 0.15) is 25.7 Å². The van der Waals surface area contributed by atoms with E-state index in [-0.39, 0.29) is 6.03 Å². The number of aliphatic hydroxyl groups is 1. The Kier molecular flexibility index (Phi) is 2.95. The number of carbonyl (C=O) groups is 1. The van der Waals surface area contributed by atoms with Gasteiger partial charge in [0.05, 0.1) is 5.54 Å². The predicted octanol–water partition coefficient (Wildman–Crippen LogP) is 2.84. The summed E-state index contributed by atoms with van der Waals surface area (Å²) in [6.07, 6.45) is 3.06. The van der Waals surface area contributed by atoms with Crippen LogP contribution in [-0.4, -0.2) is 34.9 Å². The first-order chi connectivity index (χ1) is 9.06. The fourth-order valence-electron chi connectivity index (χ4n) is 3.30. The molecule has 0 bridgehead atoms. The molecule has 1 N–H and O–H groups in total. The van der Waals surface area contributed by atoms with Gasteiger partial charge in [-0.3, -0.25) is 4.90 Å². The van der Waals surface area contributed by atoms with E-state index in [1.54, 1.807) is 36.2 Å². The molecule has 1 aromatic rings. The maximum atomic E-state index is 12.4. The van der Waals surface area contributed by atoms with Crippen molar-refractivity contribution in [3.63, 3.8) is 0 Å². The van der Waals surface area contributed by atoms with Crippen LogP contribution in [0.15, 0.2) is 24.3 Å². The first-order valence-corrected chi connectivity index (χ1v) is 6.95. The van der Waals surface area contributed by atoms with E-state index in [1.165, 1.54) is 4.90 Å². The molecule has 1 saturated carbocycles. The third-order valence-corrected chi connectivity index (χ3v) is 4.71. The van der Waals surface area contributed by atoms with E-state index in [0.717, 1.165) is 25.7 Å². The molecule has 1 aromatic carbocycles. The molecule has 1 atom stereocenters. The summed E-state index contributed by atoms with van der Waals surface area (Å²) in [5.41, 5.74) is 0.272. The molecule has 1 saturated heterocycles. The van der Waals surface area contributed by atoms with Crippen molar-refractivity contribution in [2.45, 2.75) is 37.5 Å². The largest absolute Gasteiger partial charge is 0.371 e. The van der Waals surface area contributed by atoms with Crippen LogP contribution in [-0.2, 0) is 0 Å². The van der Waals surface area contributed by atoms with E-state index in [1.807, 2.05) is 0 Å². The maximum Gasteiger partial charge on any atom is 0.327 e. The molecule has 2 amide bonds. The average molecular weight is 281 g/mol. The highest BCUT2D eigenvalue weighted by Crippen LogP contribution is 2.44. The van der Waals surface area contributed by atoms with Crippen molar-refractivity contribution in [2.75, 3.05) is 11.9 Å². The van der Waals surface area contributed by atoms with Gasteiger partial charge in [0, 0.05) is 17.8 Å². The number of likely N-dealkylation sites (N-methyl/N-ethyl adjacent to an activating group) is 1. The van der Waals surface area contributed by atoms with Crippen LogP contribution >= 0.6 is 11.6 Å². The summed E-state index contributed by atoms with van der Waals surface area (Å²) in [7, 11) is 1.78.